The summed E-state index contributed by atoms with van der Waals surface area (Å²) < 4.78 is 0. The van der Waals surface area contributed by atoms with Crippen LogP contribution >= 0.6 is 11.6 Å². The summed E-state index contributed by atoms with van der Waals surface area (Å²) in [6.45, 7) is 0. The lowest BCUT2D eigenvalue weighted by molar-refractivity contribution is 0.102. The van der Waals surface area contributed by atoms with Crippen LogP contribution in [0.25, 0.3) is 0 Å². The fourth-order valence-electron chi connectivity index (χ4n) is 1.49. The predicted molar refractivity (Wildman–Crippen MR) is 71.9 cm³/mol. The molecule has 0 aromatic heterocycles. The van der Waals surface area contributed by atoms with Crippen molar-refractivity contribution in [3.63, 3.8) is 0 Å². The minimum Gasteiger partial charge on any atom is -0.508 e. The van der Waals surface area contributed by atoms with E-state index in [2.05, 4.69) is 5.32 Å². The number of nitrogens with one attached hydrogen (secondary N) is 1. The molecule has 0 saturated heterocycles. The second-order valence-corrected chi connectivity index (χ2v) is 4.11. The van der Waals surface area contributed by atoms with Crippen LogP contribution in [0.15, 0.2) is 42.5 Å². The van der Waals surface area contributed by atoms with E-state index < -0.39 is 5.91 Å². The smallest absolute Gasteiger partial charge is 0.257 e. The SMILES string of the molecule is Nc1ccccc1NC(=O)c1cc(O)ccc1Cl. The van der Waals surface area contributed by atoms with Crippen molar-refractivity contribution < 1.29 is 9.90 Å². The summed E-state index contributed by atoms with van der Waals surface area (Å²) in [6, 6.07) is 11.1. The van der Waals surface area contributed by atoms with Gasteiger partial charge in [-0.15, -0.1) is 0 Å². The number of benzene rings is 2. The number of carbonyl (C=O) groups excluding carboxylic acids is 1. The molecule has 2 aromatic rings. The number of nitrogens with two attached hydrogens (primary N) is 1. The molecule has 4 N–H and O–H groups in total. The maximum absolute atomic E-state index is 12.0. The first-order valence-electron chi connectivity index (χ1n) is 5.22. The van der Waals surface area contributed by atoms with E-state index in [0.29, 0.717) is 11.4 Å². The Morgan fingerprint density at radius 2 is 1.94 bits per heavy atom. The van der Waals surface area contributed by atoms with Gasteiger partial charge in [-0.3, -0.25) is 4.79 Å². The third-order valence-corrected chi connectivity index (χ3v) is 2.73. The summed E-state index contributed by atoms with van der Waals surface area (Å²) in [5, 5.41) is 12.2. The summed E-state index contributed by atoms with van der Waals surface area (Å²) in [5.74, 6) is -0.445. The molecule has 0 aliphatic carbocycles. The molecule has 2 rings (SSSR count). The van der Waals surface area contributed by atoms with Crippen molar-refractivity contribution in [2.45, 2.75) is 0 Å². The number of nitrogen functional groups attached to an aromatic ring is 1. The summed E-state index contributed by atoms with van der Waals surface area (Å²) >= 11 is 5.89. The number of hydrogen-bond acceptors (Lipinski definition) is 3. The van der Waals surface area contributed by atoms with Gasteiger partial charge in [-0.05, 0) is 30.3 Å². The van der Waals surface area contributed by atoms with Crippen LogP contribution in [0.2, 0.25) is 5.02 Å². The van der Waals surface area contributed by atoms with Crippen molar-refractivity contribution in [2.75, 3.05) is 11.1 Å². The van der Waals surface area contributed by atoms with Crippen LogP contribution in [0, 0.1) is 0 Å². The first-order chi connectivity index (χ1) is 8.58. The molecule has 0 unspecified atom stereocenters. The number of aromatic hydroxyl groups is 1. The molecule has 0 atom stereocenters. The molecule has 92 valence electrons. The highest BCUT2D eigenvalue weighted by Gasteiger charge is 2.12. The lowest BCUT2D eigenvalue weighted by atomic mass is 10.2. The first kappa shape index (κ1) is 12.3. The highest BCUT2D eigenvalue weighted by molar-refractivity contribution is 6.34. The maximum Gasteiger partial charge on any atom is 0.257 e. The summed E-state index contributed by atoms with van der Waals surface area (Å²) in [5.41, 5.74) is 6.87. The van der Waals surface area contributed by atoms with Crippen LogP contribution in [0.4, 0.5) is 11.4 Å². The molecular weight excluding hydrogens is 252 g/mol. The molecule has 0 saturated carbocycles. The second kappa shape index (κ2) is 4.98. The van der Waals surface area contributed by atoms with E-state index in [9.17, 15) is 9.90 Å². The predicted octanol–water partition coefficient (Wildman–Crippen LogP) is 2.88. The third kappa shape index (κ3) is 2.55. The molecule has 0 heterocycles. The normalized spacial score (nSPS) is 10.1. The van der Waals surface area contributed by atoms with Crippen molar-refractivity contribution in [3.8, 4) is 5.75 Å². The molecule has 0 fully saturated rings. The van der Waals surface area contributed by atoms with Gasteiger partial charge in [-0.1, -0.05) is 23.7 Å². The number of amides is 1. The first-order valence-corrected chi connectivity index (χ1v) is 5.60. The topological polar surface area (TPSA) is 75.3 Å². The van der Waals surface area contributed by atoms with Crippen LogP contribution in [-0.2, 0) is 0 Å². The van der Waals surface area contributed by atoms with Gasteiger partial charge < -0.3 is 16.2 Å². The summed E-state index contributed by atoms with van der Waals surface area (Å²) in [7, 11) is 0. The van der Waals surface area contributed by atoms with Crippen LogP contribution in [0.1, 0.15) is 10.4 Å². The van der Waals surface area contributed by atoms with Crippen molar-refractivity contribution in [3.05, 3.63) is 53.1 Å². The average molecular weight is 263 g/mol. The molecule has 0 bridgehead atoms. The Hall–Kier alpha value is -2.20. The van der Waals surface area contributed by atoms with Gasteiger partial charge in [-0.25, -0.2) is 0 Å². The van der Waals surface area contributed by atoms with E-state index in [1.54, 1.807) is 24.3 Å². The van der Waals surface area contributed by atoms with Gasteiger partial charge in [0.25, 0.3) is 5.91 Å². The Kier molecular flexibility index (Phi) is 3.39. The monoisotopic (exact) mass is 262 g/mol. The second-order valence-electron chi connectivity index (χ2n) is 3.71. The van der Waals surface area contributed by atoms with Crippen LogP contribution in [0.5, 0.6) is 5.75 Å². The van der Waals surface area contributed by atoms with E-state index in [4.69, 9.17) is 17.3 Å². The maximum atomic E-state index is 12.0. The van der Waals surface area contributed by atoms with Gasteiger partial charge in [0.15, 0.2) is 0 Å². The summed E-state index contributed by atoms with van der Waals surface area (Å²) in [4.78, 5) is 12.0. The molecule has 5 heteroatoms. The van der Waals surface area contributed by atoms with Gasteiger partial charge in [0.05, 0.1) is 22.0 Å². The van der Waals surface area contributed by atoms with Gasteiger partial charge in [0.1, 0.15) is 5.75 Å². The van der Waals surface area contributed by atoms with Gasteiger partial charge in [0.2, 0.25) is 0 Å². The number of carbonyl (C=O) groups is 1. The van der Waals surface area contributed by atoms with E-state index >= 15 is 0 Å². The standard InChI is InChI=1S/C13H11ClN2O2/c14-10-6-5-8(17)7-9(10)13(18)16-12-4-2-1-3-11(12)15/h1-7,17H,15H2,(H,16,18). The number of rotatable bonds is 2. The van der Waals surface area contributed by atoms with Crippen molar-refractivity contribution >= 4 is 28.9 Å². The molecular formula is C13H11ClN2O2. The number of phenols is 1. The van der Waals surface area contributed by atoms with Gasteiger partial charge in [-0.2, -0.15) is 0 Å². The number of para-hydroxylation sites is 2. The molecule has 0 radical (unpaired) electrons. The molecule has 4 nitrogen and oxygen atoms in total. The zero-order valence-corrected chi connectivity index (χ0v) is 10.1. The zero-order chi connectivity index (χ0) is 13.1. The minimum absolute atomic E-state index is 0.0226. The van der Waals surface area contributed by atoms with Crippen molar-refractivity contribution in [2.24, 2.45) is 0 Å². The van der Waals surface area contributed by atoms with E-state index in [1.807, 2.05) is 0 Å². The molecule has 0 spiro atoms. The van der Waals surface area contributed by atoms with Crippen LogP contribution in [-0.4, -0.2) is 11.0 Å². The average Bonchev–Trinajstić information content (AvgIpc) is 2.35. The lowest BCUT2D eigenvalue weighted by Crippen LogP contribution is -2.13. The summed E-state index contributed by atoms with van der Waals surface area (Å²) in [6.07, 6.45) is 0. The molecule has 0 aliphatic rings. The highest BCUT2D eigenvalue weighted by Crippen LogP contribution is 2.23. The lowest BCUT2D eigenvalue weighted by Gasteiger charge is -2.09. The molecule has 2 aromatic carbocycles. The Balaban J connectivity index is 2.28. The quantitative estimate of drug-likeness (QED) is 0.729. The Morgan fingerprint density at radius 1 is 1.22 bits per heavy atom. The third-order valence-electron chi connectivity index (χ3n) is 2.40. The number of phenolic OH excluding ortho intramolecular Hbond substituents is 1. The number of halogens is 1. The van der Waals surface area contributed by atoms with Crippen LogP contribution in [0.3, 0.4) is 0 Å². The van der Waals surface area contributed by atoms with E-state index in [0.717, 1.165) is 0 Å². The highest BCUT2D eigenvalue weighted by atomic mass is 35.5. The van der Waals surface area contributed by atoms with Crippen molar-refractivity contribution in [1.82, 2.24) is 0 Å². The zero-order valence-electron chi connectivity index (χ0n) is 9.35. The Bertz CT molecular complexity index is 599. The van der Waals surface area contributed by atoms with Crippen LogP contribution < -0.4 is 11.1 Å². The molecule has 18 heavy (non-hydrogen) atoms. The fourth-order valence-corrected chi connectivity index (χ4v) is 1.69. The fraction of sp³-hybridized carbons (Fsp3) is 0. The van der Waals surface area contributed by atoms with Gasteiger partial charge >= 0.3 is 0 Å². The molecule has 0 aliphatic heterocycles. The Morgan fingerprint density at radius 3 is 2.67 bits per heavy atom. The minimum atomic E-state index is -0.422. The van der Waals surface area contributed by atoms with E-state index in [1.165, 1.54) is 18.2 Å². The number of anilines is 2. The van der Waals surface area contributed by atoms with Crippen molar-refractivity contribution in [1.29, 1.82) is 0 Å². The Labute approximate surface area is 109 Å². The van der Waals surface area contributed by atoms with E-state index in [-0.39, 0.29) is 16.3 Å². The largest absolute Gasteiger partial charge is 0.508 e. The number of hydrogen-bond donors (Lipinski definition) is 3. The molecule has 1 amide bonds. The van der Waals surface area contributed by atoms with Gasteiger partial charge in [0, 0.05) is 0 Å².